The van der Waals surface area contributed by atoms with E-state index in [1.165, 1.54) is 5.56 Å². The van der Waals surface area contributed by atoms with E-state index in [1.807, 2.05) is 29.2 Å². The quantitative estimate of drug-likeness (QED) is 0.451. The highest BCUT2D eigenvalue weighted by Crippen LogP contribution is 2.17. The molecule has 1 aliphatic heterocycles. The molecule has 0 N–H and O–H groups in total. The molecule has 1 fully saturated rings. The smallest absolute Gasteiger partial charge is 0.254 e. The molecule has 1 saturated heterocycles. The largest absolute Gasteiger partial charge is 0.467 e. The van der Waals surface area contributed by atoms with E-state index in [0.717, 1.165) is 24.1 Å². The van der Waals surface area contributed by atoms with Gasteiger partial charge in [0.2, 0.25) is 5.91 Å². The Kier molecular flexibility index (Phi) is 7.96. The predicted octanol–water partition coefficient (Wildman–Crippen LogP) is 4.42. The van der Waals surface area contributed by atoms with Gasteiger partial charge in [0.25, 0.3) is 5.91 Å². The van der Waals surface area contributed by atoms with Crippen molar-refractivity contribution in [1.29, 1.82) is 0 Å². The van der Waals surface area contributed by atoms with Crippen molar-refractivity contribution >= 4 is 27.7 Å². The van der Waals surface area contributed by atoms with Gasteiger partial charge in [-0.1, -0.05) is 52.3 Å². The Morgan fingerprint density at radius 1 is 0.939 bits per heavy atom. The normalized spacial score (nSPS) is 14.3. The van der Waals surface area contributed by atoms with Crippen LogP contribution in [-0.4, -0.2) is 59.2 Å². The Morgan fingerprint density at radius 3 is 2.42 bits per heavy atom. The minimum atomic E-state index is -0.117. The number of halogens is 1. The number of carbonyl (C=O) groups excluding carboxylic acids is 2. The van der Waals surface area contributed by atoms with Gasteiger partial charge in [-0.2, -0.15) is 0 Å². The van der Waals surface area contributed by atoms with Crippen LogP contribution in [0.4, 0.5) is 0 Å². The predicted molar refractivity (Wildman–Crippen MR) is 131 cm³/mol. The Labute approximate surface area is 202 Å². The molecule has 33 heavy (non-hydrogen) atoms. The lowest BCUT2D eigenvalue weighted by atomic mass is 10.1. The van der Waals surface area contributed by atoms with E-state index in [-0.39, 0.29) is 11.8 Å². The van der Waals surface area contributed by atoms with E-state index in [2.05, 4.69) is 45.1 Å². The highest BCUT2D eigenvalue weighted by atomic mass is 79.9. The summed E-state index contributed by atoms with van der Waals surface area (Å²) < 4.78 is 6.30. The molecule has 2 heterocycles. The number of hydrogen-bond acceptors (Lipinski definition) is 4. The summed E-state index contributed by atoms with van der Waals surface area (Å²) in [6.45, 7) is 4.71. The SMILES string of the molecule is O=C(CCN(Cc1ccco1)C(=O)c1cccc(Br)c1)N1CCN(Cc2ccccc2)CC1. The molecule has 3 aromatic rings. The van der Waals surface area contributed by atoms with Crippen molar-refractivity contribution in [3.8, 4) is 0 Å². The fourth-order valence-electron chi connectivity index (χ4n) is 4.03. The minimum absolute atomic E-state index is 0.0841. The molecule has 2 amide bonds. The Morgan fingerprint density at radius 2 is 1.73 bits per heavy atom. The van der Waals surface area contributed by atoms with Gasteiger partial charge >= 0.3 is 0 Å². The summed E-state index contributed by atoms with van der Waals surface area (Å²) in [5.41, 5.74) is 1.87. The van der Waals surface area contributed by atoms with Gasteiger partial charge in [0.05, 0.1) is 12.8 Å². The van der Waals surface area contributed by atoms with Crippen molar-refractivity contribution in [3.05, 3.63) is 94.4 Å². The van der Waals surface area contributed by atoms with Gasteiger partial charge in [0.15, 0.2) is 0 Å². The Balaban J connectivity index is 1.32. The van der Waals surface area contributed by atoms with Crippen LogP contribution in [0, 0.1) is 0 Å². The molecule has 172 valence electrons. The molecule has 0 saturated carbocycles. The van der Waals surface area contributed by atoms with Gasteiger partial charge in [-0.15, -0.1) is 0 Å². The third kappa shape index (κ3) is 6.55. The summed E-state index contributed by atoms with van der Waals surface area (Å²) >= 11 is 3.43. The van der Waals surface area contributed by atoms with Gasteiger partial charge in [-0.05, 0) is 35.9 Å². The third-order valence-corrected chi connectivity index (χ3v) is 6.35. The van der Waals surface area contributed by atoms with E-state index in [1.54, 1.807) is 29.4 Å². The van der Waals surface area contributed by atoms with Crippen LogP contribution in [0.15, 0.2) is 81.9 Å². The molecule has 2 aromatic carbocycles. The van der Waals surface area contributed by atoms with Crippen molar-refractivity contribution in [2.75, 3.05) is 32.7 Å². The second-order valence-electron chi connectivity index (χ2n) is 8.21. The monoisotopic (exact) mass is 509 g/mol. The third-order valence-electron chi connectivity index (χ3n) is 5.86. The topological polar surface area (TPSA) is 57.0 Å². The van der Waals surface area contributed by atoms with E-state index in [0.29, 0.717) is 43.9 Å². The van der Waals surface area contributed by atoms with Gasteiger partial charge < -0.3 is 14.2 Å². The van der Waals surface area contributed by atoms with Crippen LogP contribution in [0.2, 0.25) is 0 Å². The lowest BCUT2D eigenvalue weighted by Gasteiger charge is -2.35. The van der Waals surface area contributed by atoms with Crippen LogP contribution in [0.25, 0.3) is 0 Å². The first kappa shape index (κ1) is 23.3. The standard InChI is InChI=1S/C26H28BrN3O3/c27-23-9-4-8-22(18-23)26(32)30(20-24-10-5-17-33-24)12-11-25(31)29-15-13-28(14-16-29)19-21-6-2-1-3-7-21/h1-10,17-18H,11-16,19-20H2. The van der Waals surface area contributed by atoms with Crippen LogP contribution in [0.5, 0.6) is 0 Å². The molecule has 0 aliphatic carbocycles. The second-order valence-corrected chi connectivity index (χ2v) is 9.12. The summed E-state index contributed by atoms with van der Waals surface area (Å²) in [5.74, 6) is 0.661. The molecule has 0 atom stereocenters. The number of carbonyl (C=O) groups is 2. The number of hydrogen-bond donors (Lipinski definition) is 0. The average molecular weight is 510 g/mol. The lowest BCUT2D eigenvalue weighted by molar-refractivity contribution is -0.133. The summed E-state index contributed by atoms with van der Waals surface area (Å²) in [6, 6.07) is 21.3. The molecule has 0 spiro atoms. The first-order chi connectivity index (χ1) is 16.1. The minimum Gasteiger partial charge on any atom is -0.467 e. The maximum atomic E-state index is 13.2. The van der Waals surface area contributed by atoms with Crippen molar-refractivity contribution in [2.24, 2.45) is 0 Å². The zero-order chi connectivity index (χ0) is 23.0. The number of benzene rings is 2. The molecule has 0 radical (unpaired) electrons. The van der Waals surface area contributed by atoms with Crippen molar-refractivity contribution in [3.63, 3.8) is 0 Å². The van der Waals surface area contributed by atoms with Gasteiger partial charge in [0.1, 0.15) is 5.76 Å². The Hall–Kier alpha value is -2.90. The molecule has 7 heteroatoms. The maximum Gasteiger partial charge on any atom is 0.254 e. The molecule has 1 aromatic heterocycles. The summed E-state index contributed by atoms with van der Waals surface area (Å²) in [6.07, 6.45) is 1.89. The van der Waals surface area contributed by atoms with Crippen molar-refractivity contribution in [2.45, 2.75) is 19.5 Å². The maximum absolute atomic E-state index is 13.2. The lowest BCUT2D eigenvalue weighted by Crippen LogP contribution is -2.49. The Bertz CT molecular complexity index is 1050. The number of nitrogens with zero attached hydrogens (tertiary/aromatic N) is 3. The van der Waals surface area contributed by atoms with Crippen LogP contribution < -0.4 is 0 Å². The fraction of sp³-hybridized carbons (Fsp3) is 0.308. The fourth-order valence-corrected chi connectivity index (χ4v) is 4.43. The van der Waals surface area contributed by atoms with E-state index < -0.39 is 0 Å². The summed E-state index contributed by atoms with van der Waals surface area (Å²) in [5, 5.41) is 0. The zero-order valence-corrected chi connectivity index (χ0v) is 20.1. The average Bonchev–Trinajstić information content (AvgIpc) is 3.35. The molecule has 0 unspecified atom stereocenters. The van der Waals surface area contributed by atoms with Crippen molar-refractivity contribution in [1.82, 2.24) is 14.7 Å². The molecule has 1 aliphatic rings. The highest BCUT2D eigenvalue weighted by Gasteiger charge is 2.23. The van der Waals surface area contributed by atoms with Gasteiger partial charge in [0, 0.05) is 55.7 Å². The zero-order valence-electron chi connectivity index (χ0n) is 18.5. The van der Waals surface area contributed by atoms with Crippen LogP contribution >= 0.6 is 15.9 Å². The van der Waals surface area contributed by atoms with Gasteiger partial charge in [-0.3, -0.25) is 14.5 Å². The molecular formula is C26H28BrN3O3. The first-order valence-corrected chi connectivity index (χ1v) is 12.0. The van der Waals surface area contributed by atoms with Crippen molar-refractivity contribution < 1.29 is 14.0 Å². The first-order valence-electron chi connectivity index (χ1n) is 11.2. The van der Waals surface area contributed by atoms with E-state index in [9.17, 15) is 9.59 Å². The molecule has 6 nitrogen and oxygen atoms in total. The number of rotatable bonds is 8. The number of piperazine rings is 1. The van der Waals surface area contributed by atoms with Gasteiger partial charge in [-0.25, -0.2) is 0 Å². The van der Waals surface area contributed by atoms with E-state index >= 15 is 0 Å². The number of furan rings is 1. The second kappa shape index (κ2) is 11.3. The summed E-state index contributed by atoms with van der Waals surface area (Å²) in [7, 11) is 0. The summed E-state index contributed by atoms with van der Waals surface area (Å²) in [4.78, 5) is 32.1. The molecule has 0 bridgehead atoms. The molecular weight excluding hydrogens is 482 g/mol. The van der Waals surface area contributed by atoms with Crippen LogP contribution in [0.1, 0.15) is 28.1 Å². The van der Waals surface area contributed by atoms with Crippen LogP contribution in [0.3, 0.4) is 0 Å². The molecule has 4 rings (SSSR count). The highest BCUT2D eigenvalue weighted by molar-refractivity contribution is 9.10. The van der Waals surface area contributed by atoms with E-state index in [4.69, 9.17) is 4.42 Å². The van der Waals surface area contributed by atoms with Crippen LogP contribution in [-0.2, 0) is 17.9 Å². The number of amides is 2.